The van der Waals surface area contributed by atoms with Gasteiger partial charge in [-0.05, 0) is 13.3 Å². The smallest absolute Gasteiger partial charge is 0.129 e. The lowest BCUT2D eigenvalue weighted by molar-refractivity contribution is -0.116. The molecule has 0 rings (SSSR count). The molecule has 0 bridgehead atoms. The van der Waals surface area contributed by atoms with Gasteiger partial charge >= 0.3 is 0 Å². The molecule has 0 radical (unpaired) electrons. The summed E-state index contributed by atoms with van der Waals surface area (Å²) in [6, 6.07) is 0. The zero-order valence-corrected chi connectivity index (χ0v) is 7.89. The van der Waals surface area contributed by atoms with E-state index in [0.717, 1.165) is 12.8 Å². The van der Waals surface area contributed by atoms with Crippen molar-refractivity contribution in [1.29, 1.82) is 0 Å². The predicted molar refractivity (Wildman–Crippen MR) is 47.6 cm³/mol. The van der Waals surface area contributed by atoms with E-state index in [1.807, 2.05) is 6.92 Å². The Hall–Kier alpha value is -0.370. The third-order valence-electron chi connectivity index (χ3n) is 1.26. The number of carbonyl (C=O) groups is 1. The molecule has 0 heterocycles. The van der Waals surface area contributed by atoms with Gasteiger partial charge in [0.15, 0.2) is 0 Å². The molecule has 0 aromatic heterocycles. The van der Waals surface area contributed by atoms with Crippen molar-refractivity contribution >= 4 is 5.78 Å². The molecule has 0 saturated heterocycles. The maximum Gasteiger partial charge on any atom is 0.129 e. The molecule has 11 heavy (non-hydrogen) atoms. The van der Waals surface area contributed by atoms with E-state index in [2.05, 4.69) is 6.92 Å². The van der Waals surface area contributed by atoms with Gasteiger partial charge in [0.05, 0.1) is 0 Å². The number of unbranched alkanes of at least 4 members (excludes halogenated alkanes) is 2. The molecule has 2 nitrogen and oxygen atoms in total. The van der Waals surface area contributed by atoms with Gasteiger partial charge in [-0.1, -0.05) is 26.7 Å². The van der Waals surface area contributed by atoms with Crippen molar-refractivity contribution in [2.45, 2.75) is 46.5 Å². The van der Waals surface area contributed by atoms with Gasteiger partial charge in [-0.25, -0.2) is 0 Å². The Kier molecular flexibility index (Phi) is 14.8. The summed E-state index contributed by atoms with van der Waals surface area (Å²) in [7, 11) is 0. The van der Waals surface area contributed by atoms with Crippen molar-refractivity contribution in [3.63, 3.8) is 0 Å². The van der Waals surface area contributed by atoms with Crippen molar-refractivity contribution in [2.75, 3.05) is 6.61 Å². The lowest BCUT2D eigenvalue weighted by atomic mass is 10.3. The van der Waals surface area contributed by atoms with Crippen LogP contribution < -0.4 is 0 Å². The summed E-state index contributed by atoms with van der Waals surface area (Å²) in [5, 5.41) is 8.20. The Balaban J connectivity index is 0. The Morgan fingerprint density at radius 3 is 1.82 bits per heavy atom. The molecule has 0 spiro atoms. The molecule has 0 fully saturated rings. The quantitative estimate of drug-likeness (QED) is 0.640. The molecule has 0 amide bonds. The number of hydrogen-bond acceptors (Lipinski definition) is 2. The van der Waals surface area contributed by atoms with E-state index in [4.69, 9.17) is 5.11 Å². The molecule has 68 valence electrons. The second-order valence-electron chi connectivity index (χ2n) is 2.49. The summed E-state index contributed by atoms with van der Waals surface area (Å²) in [6.45, 7) is 5.91. The van der Waals surface area contributed by atoms with E-state index in [0.29, 0.717) is 13.0 Å². The van der Waals surface area contributed by atoms with Crippen molar-refractivity contribution in [1.82, 2.24) is 0 Å². The van der Waals surface area contributed by atoms with Crippen LogP contribution in [0.5, 0.6) is 0 Å². The van der Waals surface area contributed by atoms with Gasteiger partial charge < -0.3 is 9.90 Å². The van der Waals surface area contributed by atoms with Gasteiger partial charge in [0.1, 0.15) is 5.78 Å². The Labute approximate surface area is 69.6 Å². The Morgan fingerprint density at radius 2 is 1.73 bits per heavy atom. The molecular weight excluding hydrogens is 140 g/mol. The molecule has 0 unspecified atom stereocenters. The number of carbonyl (C=O) groups excluding carboxylic acids is 1. The molecular formula is C9H20O2. The van der Waals surface area contributed by atoms with Crippen LogP contribution in [0.2, 0.25) is 0 Å². The van der Waals surface area contributed by atoms with Crippen molar-refractivity contribution in [3.05, 3.63) is 0 Å². The van der Waals surface area contributed by atoms with E-state index in [-0.39, 0.29) is 5.78 Å². The highest BCUT2D eigenvalue weighted by Gasteiger charge is 1.77. The summed E-state index contributed by atoms with van der Waals surface area (Å²) >= 11 is 0. The van der Waals surface area contributed by atoms with Crippen molar-refractivity contribution < 1.29 is 9.90 Å². The molecule has 0 aromatic carbocycles. The van der Waals surface area contributed by atoms with Crippen LogP contribution in [0, 0.1) is 0 Å². The average molecular weight is 160 g/mol. The van der Waals surface area contributed by atoms with Crippen LogP contribution in [0.4, 0.5) is 0 Å². The molecule has 0 aromatic rings. The molecule has 0 aliphatic heterocycles. The second-order valence-corrected chi connectivity index (χ2v) is 2.49. The van der Waals surface area contributed by atoms with E-state index in [1.54, 1.807) is 6.92 Å². The van der Waals surface area contributed by atoms with Crippen molar-refractivity contribution in [3.8, 4) is 0 Å². The number of hydrogen-bond donors (Lipinski definition) is 1. The van der Waals surface area contributed by atoms with Gasteiger partial charge in [0, 0.05) is 13.0 Å². The fourth-order valence-electron chi connectivity index (χ4n) is 0.362. The number of aliphatic hydroxyl groups excluding tert-OH is 1. The zero-order chi connectivity index (χ0) is 9.11. The van der Waals surface area contributed by atoms with Gasteiger partial charge in [0.25, 0.3) is 0 Å². The summed E-state index contributed by atoms with van der Waals surface area (Å²) in [4.78, 5) is 9.81. The van der Waals surface area contributed by atoms with Crippen LogP contribution >= 0.6 is 0 Å². The van der Waals surface area contributed by atoms with E-state index >= 15 is 0 Å². The van der Waals surface area contributed by atoms with Gasteiger partial charge in [-0.15, -0.1) is 0 Å². The lowest BCUT2D eigenvalue weighted by Crippen LogP contribution is -1.80. The molecule has 2 heteroatoms. The number of aliphatic hydroxyl groups is 1. The zero-order valence-electron chi connectivity index (χ0n) is 7.89. The van der Waals surface area contributed by atoms with Crippen LogP contribution in [0.25, 0.3) is 0 Å². The molecule has 0 aliphatic carbocycles. The molecule has 0 atom stereocenters. The van der Waals surface area contributed by atoms with E-state index < -0.39 is 0 Å². The average Bonchev–Trinajstić information content (AvgIpc) is 2.02. The third kappa shape index (κ3) is 26.2. The van der Waals surface area contributed by atoms with E-state index in [9.17, 15) is 4.79 Å². The highest BCUT2D eigenvalue weighted by Crippen LogP contribution is 1.89. The van der Waals surface area contributed by atoms with Crippen LogP contribution in [-0.4, -0.2) is 17.5 Å². The Morgan fingerprint density at radius 1 is 1.27 bits per heavy atom. The Bertz CT molecular complexity index is 75.6. The van der Waals surface area contributed by atoms with Crippen LogP contribution in [0.3, 0.4) is 0 Å². The predicted octanol–water partition coefficient (Wildman–Crippen LogP) is 2.15. The normalized spacial score (nSPS) is 8.36. The molecule has 0 saturated carbocycles. The van der Waals surface area contributed by atoms with Gasteiger partial charge in [-0.2, -0.15) is 0 Å². The van der Waals surface area contributed by atoms with Crippen LogP contribution in [-0.2, 0) is 4.79 Å². The number of rotatable bonds is 4. The maximum atomic E-state index is 9.81. The largest absolute Gasteiger partial charge is 0.396 e. The standard InChI is InChI=1S/C5H12O.C4H8O/c1-2-3-4-5-6;1-3-4(2)5/h6H,2-5H2,1H3;3H2,1-2H3. The number of ketones is 1. The lowest BCUT2D eigenvalue weighted by Gasteiger charge is -1.85. The first-order chi connectivity index (χ1) is 5.18. The first kappa shape index (κ1) is 13.2. The minimum Gasteiger partial charge on any atom is -0.396 e. The second kappa shape index (κ2) is 12.3. The molecule has 0 aliphatic rings. The minimum absolute atomic E-state index is 0.255. The first-order valence-corrected chi connectivity index (χ1v) is 4.29. The summed E-state index contributed by atoms with van der Waals surface area (Å²) in [5.41, 5.74) is 0. The highest BCUT2D eigenvalue weighted by molar-refractivity contribution is 5.74. The molecule has 1 N–H and O–H groups in total. The SMILES string of the molecule is CCC(C)=O.CCCCCO. The van der Waals surface area contributed by atoms with E-state index in [1.165, 1.54) is 6.42 Å². The first-order valence-electron chi connectivity index (χ1n) is 4.29. The number of Topliss-reactive ketones (excluding diaryl/α,β-unsaturated/α-hetero) is 1. The topological polar surface area (TPSA) is 37.3 Å². The summed E-state index contributed by atoms with van der Waals surface area (Å²) in [5.74, 6) is 0.255. The fraction of sp³-hybridized carbons (Fsp3) is 0.889. The maximum absolute atomic E-state index is 9.81. The van der Waals surface area contributed by atoms with Gasteiger partial charge in [0.2, 0.25) is 0 Å². The monoisotopic (exact) mass is 160 g/mol. The van der Waals surface area contributed by atoms with Crippen LogP contribution in [0.15, 0.2) is 0 Å². The summed E-state index contributed by atoms with van der Waals surface area (Å²) in [6.07, 6.45) is 3.99. The highest BCUT2D eigenvalue weighted by atomic mass is 16.2. The summed E-state index contributed by atoms with van der Waals surface area (Å²) < 4.78 is 0. The minimum atomic E-state index is 0.255. The third-order valence-corrected chi connectivity index (χ3v) is 1.26. The van der Waals surface area contributed by atoms with Crippen LogP contribution in [0.1, 0.15) is 46.5 Å². The van der Waals surface area contributed by atoms with Crippen molar-refractivity contribution in [2.24, 2.45) is 0 Å². The fourth-order valence-corrected chi connectivity index (χ4v) is 0.362. The van der Waals surface area contributed by atoms with Gasteiger partial charge in [-0.3, -0.25) is 0 Å².